The first-order valence-electron chi connectivity index (χ1n) is 2.80. The van der Waals surface area contributed by atoms with Gasteiger partial charge in [0.2, 0.25) is 0 Å². The molecule has 0 fully saturated rings. The summed E-state index contributed by atoms with van der Waals surface area (Å²) in [6, 6.07) is 0.578. The summed E-state index contributed by atoms with van der Waals surface area (Å²) in [6.07, 6.45) is -4.52. The number of halogens is 3. The summed E-state index contributed by atoms with van der Waals surface area (Å²) < 4.78 is 35.3. The summed E-state index contributed by atoms with van der Waals surface area (Å²) >= 11 is 4.35. The number of H-pyrrole nitrogens is 2. The SMILES string of the molecule is O=c1[nH][nH]c(C(F)(F)F)cc1=S. The molecule has 0 aliphatic heterocycles. The summed E-state index contributed by atoms with van der Waals surface area (Å²) in [5, 5.41) is 3.46. The zero-order chi connectivity index (χ0) is 9.35. The number of aromatic amines is 2. The highest BCUT2D eigenvalue weighted by Crippen LogP contribution is 2.26. The average molecular weight is 196 g/mol. The van der Waals surface area contributed by atoms with E-state index in [4.69, 9.17) is 0 Å². The van der Waals surface area contributed by atoms with Crippen molar-refractivity contribution >= 4 is 12.2 Å². The maximum absolute atomic E-state index is 11.9. The molecule has 0 saturated heterocycles. The molecule has 1 aromatic rings. The molecule has 0 aliphatic carbocycles. The van der Waals surface area contributed by atoms with Crippen LogP contribution >= 0.6 is 12.2 Å². The molecule has 2 N–H and O–H groups in total. The van der Waals surface area contributed by atoms with Crippen LogP contribution in [0.1, 0.15) is 5.69 Å². The predicted octanol–water partition coefficient (Wildman–Crippen LogP) is 1.45. The Hall–Kier alpha value is -1.11. The largest absolute Gasteiger partial charge is 0.432 e. The highest BCUT2D eigenvalue weighted by molar-refractivity contribution is 7.71. The minimum absolute atomic E-state index is 0.388. The smallest absolute Gasteiger partial charge is 0.294 e. The molecule has 0 amide bonds. The zero-order valence-corrected chi connectivity index (χ0v) is 6.34. The molecule has 0 bridgehead atoms. The quantitative estimate of drug-likeness (QED) is 0.617. The number of rotatable bonds is 0. The van der Waals surface area contributed by atoms with Gasteiger partial charge in [-0.1, -0.05) is 12.2 Å². The van der Waals surface area contributed by atoms with Crippen molar-refractivity contribution in [3.8, 4) is 0 Å². The molecule has 0 unspecified atom stereocenters. The topological polar surface area (TPSA) is 48.6 Å². The molecule has 12 heavy (non-hydrogen) atoms. The van der Waals surface area contributed by atoms with Crippen LogP contribution in [0.5, 0.6) is 0 Å². The zero-order valence-electron chi connectivity index (χ0n) is 5.53. The second-order valence-corrected chi connectivity index (χ2v) is 2.44. The lowest BCUT2D eigenvalue weighted by atomic mass is 10.4. The molecule has 7 heteroatoms. The molecule has 66 valence electrons. The number of hydrogen-bond donors (Lipinski definition) is 2. The fourth-order valence-electron chi connectivity index (χ4n) is 0.571. The molecule has 1 aromatic heterocycles. The molecule has 0 saturated carbocycles. The highest BCUT2D eigenvalue weighted by atomic mass is 32.1. The average Bonchev–Trinajstić information content (AvgIpc) is 1.92. The van der Waals surface area contributed by atoms with E-state index in [1.165, 1.54) is 0 Å². The van der Waals surface area contributed by atoms with E-state index in [2.05, 4.69) is 12.2 Å². The highest BCUT2D eigenvalue weighted by Gasteiger charge is 2.31. The summed E-state index contributed by atoms with van der Waals surface area (Å²) in [7, 11) is 0. The van der Waals surface area contributed by atoms with Gasteiger partial charge in [0.25, 0.3) is 5.56 Å². The lowest BCUT2D eigenvalue weighted by Gasteiger charge is -2.04. The fraction of sp³-hybridized carbons (Fsp3) is 0.200. The van der Waals surface area contributed by atoms with Crippen LogP contribution in [0.2, 0.25) is 0 Å². The van der Waals surface area contributed by atoms with E-state index in [-0.39, 0.29) is 4.51 Å². The van der Waals surface area contributed by atoms with Crippen LogP contribution in [0.3, 0.4) is 0 Å². The number of aromatic nitrogens is 2. The van der Waals surface area contributed by atoms with Gasteiger partial charge in [-0.15, -0.1) is 0 Å². The van der Waals surface area contributed by atoms with E-state index in [0.717, 1.165) is 0 Å². The third-order valence-corrected chi connectivity index (χ3v) is 1.42. The van der Waals surface area contributed by atoms with Crippen LogP contribution < -0.4 is 5.56 Å². The summed E-state index contributed by atoms with van der Waals surface area (Å²) in [5.41, 5.74) is -1.80. The summed E-state index contributed by atoms with van der Waals surface area (Å²) in [6.45, 7) is 0. The molecule has 0 atom stereocenters. The van der Waals surface area contributed by atoms with Crippen molar-refractivity contribution < 1.29 is 13.2 Å². The van der Waals surface area contributed by atoms with E-state index in [9.17, 15) is 18.0 Å². The Morgan fingerprint density at radius 2 is 1.92 bits per heavy atom. The maximum Gasteiger partial charge on any atom is 0.432 e. The fourth-order valence-corrected chi connectivity index (χ4v) is 0.740. The Kier molecular flexibility index (Phi) is 2.05. The Labute approximate surface area is 69.2 Å². The minimum atomic E-state index is -4.52. The van der Waals surface area contributed by atoms with E-state index in [1.54, 1.807) is 10.2 Å². The first-order valence-corrected chi connectivity index (χ1v) is 3.21. The molecule has 0 spiro atoms. The van der Waals surface area contributed by atoms with Gasteiger partial charge in [-0.05, 0) is 6.07 Å². The van der Waals surface area contributed by atoms with Gasteiger partial charge in [-0.3, -0.25) is 15.0 Å². The van der Waals surface area contributed by atoms with Gasteiger partial charge in [0.15, 0.2) is 0 Å². The van der Waals surface area contributed by atoms with Crippen molar-refractivity contribution in [1.82, 2.24) is 10.2 Å². The summed E-state index contributed by atoms with van der Waals surface area (Å²) in [5.74, 6) is 0. The second-order valence-electron chi connectivity index (χ2n) is 2.00. The normalized spacial score (nSPS) is 11.6. The number of alkyl halides is 3. The molecule has 0 aromatic carbocycles. The number of hydrogen-bond acceptors (Lipinski definition) is 2. The number of nitrogens with one attached hydrogen (secondary N) is 2. The lowest BCUT2D eigenvalue weighted by Crippen LogP contribution is -2.15. The molecule has 1 heterocycles. The summed E-state index contributed by atoms with van der Waals surface area (Å²) in [4.78, 5) is 10.5. The van der Waals surface area contributed by atoms with Crippen molar-refractivity contribution in [2.75, 3.05) is 0 Å². The molecular weight excluding hydrogens is 193 g/mol. The minimum Gasteiger partial charge on any atom is -0.294 e. The Morgan fingerprint density at radius 3 is 2.33 bits per heavy atom. The van der Waals surface area contributed by atoms with Gasteiger partial charge in [0, 0.05) is 0 Å². The Balaban J connectivity index is 3.33. The maximum atomic E-state index is 11.9. The van der Waals surface area contributed by atoms with E-state index >= 15 is 0 Å². The van der Waals surface area contributed by atoms with Gasteiger partial charge in [0.05, 0.1) is 0 Å². The first-order chi connectivity index (χ1) is 5.41. The van der Waals surface area contributed by atoms with Crippen molar-refractivity contribution in [3.63, 3.8) is 0 Å². The van der Waals surface area contributed by atoms with Gasteiger partial charge in [-0.25, -0.2) is 0 Å². The Bertz CT molecular complexity index is 391. The molecular formula is C5H3F3N2OS. The van der Waals surface area contributed by atoms with Gasteiger partial charge < -0.3 is 0 Å². The van der Waals surface area contributed by atoms with Gasteiger partial charge in [0.1, 0.15) is 10.2 Å². The molecule has 0 aliphatic rings. The third kappa shape index (κ3) is 1.73. The van der Waals surface area contributed by atoms with Gasteiger partial charge >= 0.3 is 6.18 Å². The van der Waals surface area contributed by atoms with Crippen molar-refractivity contribution in [3.05, 3.63) is 26.6 Å². The lowest BCUT2D eigenvalue weighted by molar-refractivity contribution is -0.141. The predicted molar refractivity (Wildman–Crippen MR) is 37.2 cm³/mol. The molecule has 3 nitrogen and oxygen atoms in total. The Morgan fingerprint density at radius 1 is 1.33 bits per heavy atom. The van der Waals surface area contributed by atoms with Crippen molar-refractivity contribution in [1.29, 1.82) is 0 Å². The van der Waals surface area contributed by atoms with Crippen molar-refractivity contribution in [2.24, 2.45) is 0 Å². The van der Waals surface area contributed by atoms with Crippen LogP contribution in [0, 0.1) is 4.51 Å². The first kappa shape index (κ1) is 8.98. The van der Waals surface area contributed by atoms with Crippen molar-refractivity contribution in [2.45, 2.75) is 6.18 Å². The monoisotopic (exact) mass is 196 g/mol. The van der Waals surface area contributed by atoms with Crippen LogP contribution in [0.25, 0.3) is 0 Å². The van der Waals surface area contributed by atoms with Gasteiger partial charge in [-0.2, -0.15) is 13.2 Å². The standard InChI is InChI=1S/C5H3F3N2OS/c6-5(7,8)3-1-2(12)4(11)10-9-3/h1H,(H,9,12)(H,10,11). The third-order valence-electron chi connectivity index (χ3n) is 1.12. The van der Waals surface area contributed by atoms with E-state index in [0.29, 0.717) is 6.07 Å². The molecule has 1 rings (SSSR count). The van der Waals surface area contributed by atoms with Crippen LogP contribution in [0.4, 0.5) is 13.2 Å². The van der Waals surface area contributed by atoms with Crippen LogP contribution in [-0.4, -0.2) is 10.2 Å². The van der Waals surface area contributed by atoms with E-state index in [1.807, 2.05) is 0 Å². The second kappa shape index (κ2) is 2.74. The molecule has 0 radical (unpaired) electrons. The van der Waals surface area contributed by atoms with Crippen LogP contribution in [-0.2, 0) is 6.18 Å². The van der Waals surface area contributed by atoms with Crippen LogP contribution in [0.15, 0.2) is 10.9 Å². The van der Waals surface area contributed by atoms with E-state index < -0.39 is 17.4 Å².